The molecule has 0 bridgehead atoms. The molecule has 3 N–H and O–H groups in total. The van der Waals surface area contributed by atoms with Crippen molar-refractivity contribution in [2.75, 3.05) is 0 Å². The summed E-state index contributed by atoms with van der Waals surface area (Å²) in [6, 6.07) is 9.00. The topological polar surface area (TPSA) is 125 Å². The Bertz CT molecular complexity index is 688. The zero-order valence-electron chi connectivity index (χ0n) is 11.1. The smallest absolute Gasteiger partial charge is 0.333 e. The first kappa shape index (κ1) is 15.6. The summed E-state index contributed by atoms with van der Waals surface area (Å²) in [6.07, 6.45) is -0.726. The molecular weight excluding hydrogens is 310 g/mol. The predicted molar refractivity (Wildman–Crippen MR) is 76.6 cm³/mol. The Morgan fingerprint density at radius 2 is 1.55 bits per heavy atom. The quantitative estimate of drug-likeness (QED) is 0.690. The molecular formula is C14H11NO6S. The van der Waals surface area contributed by atoms with Crippen molar-refractivity contribution in [2.24, 2.45) is 5.41 Å². The highest BCUT2D eigenvalue weighted by Gasteiger charge is 2.55. The molecule has 0 aliphatic carbocycles. The van der Waals surface area contributed by atoms with Gasteiger partial charge < -0.3 is 15.3 Å². The Kier molecular flexibility index (Phi) is 4.22. The van der Waals surface area contributed by atoms with Crippen LogP contribution in [-0.4, -0.2) is 38.2 Å². The van der Waals surface area contributed by atoms with Gasteiger partial charge in [0.1, 0.15) is 5.01 Å². The summed E-state index contributed by atoms with van der Waals surface area (Å²) in [5.41, 5.74) is -2.05. The number of aliphatic carboxylic acids is 3. The van der Waals surface area contributed by atoms with Crippen molar-refractivity contribution >= 4 is 29.2 Å². The van der Waals surface area contributed by atoms with E-state index in [1.165, 1.54) is 16.7 Å². The van der Waals surface area contributed by atoms with Crippen LogP contribution in [0.15, 0.2) is 35.7 Å². The van der Waals surface area contributed by atoms with Crippen LogP contribution < -0.4 is 0 Å². The van der Waals surface area contributed by atoms with E-state index in [4.69, 9.17) is 15.3 Å². The van der Waals surface area contributed by atoms with Crippen molar-refractivity contribution in [1.29, 1.82) is 0 Å². The summed E-state index contributed by atoms with van der Waals surface area (Å²) in [5, 5.41) is 29.2. The van der Waals surface area contributed by atoms with Gasteiger partial charge in [-0.05, 0) is 0 Å². The second-order valence-corrected chi connectivity index (χ2v) is 5.37. The number of carboxylic acids is 3. The maximum Gasteiger partial charge on any atom is 0.333 e. The van der Waals surface area contributed by atoms with Crippen molar-refractivity contribution in [3.8, 4) is 10.6 Å². The first-order valence-electron chi connectivity index (χ1n) is 6.08. The van der Waals surface area contributed by atoms with E-state index in [0.717, 1.165) is 5.56 Å². The van der Waals surface area contributed by atoms with E-state index in [0.29, 0.717) is 5.01 Å². The summed E-state index contributed by atoms with van der Waals surface area (Å²) < 4.78 is 0. The fourth-order valence-corrected chi connectivity index (χ4v) is 2.70. The van der Waals surface area contributed by atoms with Crippen molar-refractivity contribution in [3.05, 3.63) is 41.4 Å². The highest BCUT2D eigenvalue weighted by molar-refractivity contribution is 7.13. The maximum absolute atomic E-state index is 11.2. The molecule has 0 unspecified atom stereocenters. The first-order chi connectivity index (χ1) is 10.4. The molecule has 0 fully saturated rings. The molecule has 0 atom stereocenters. The Labute approximate surface area is 128 Å². The van der Waals surface area contributed by atoms with Crippen LogP contribution in [0, 0.1) is 5.41 Å². The molecule has 1 heterocycles. The van der Waals surface area contributed by atoms with Crippen molar-refractivity contribution in [3.63, 3.8) is 0 Å². The van der Waals surface area contributed by atoms with E-state index in [1.807, 2.05) is 6.07 Å². The van der Waals surface area contributed by atoms with Gasteiger partial charge in [-0.15, -0.1) is 11.3 Å². The van der Waals surface area contributed by atoms with E-state index in [2.05, 4.69) is 4.98 Å². The van der Waals surface area contributed by atoms with Crippen LogP contribution in [0.1, 0.15) is 5.69 Å². The fraction of sp³-hybridized carbons (Fsp3) is 0.143. The molecule has 2 rings (SSSR count). The molecule has 22 heavy (non-hydrogen) atoms. The zero-order valence-corrected chi connectivity index (χ0v) is 11.9. The lowest BCUT2D eigenvalue weighted by molar-refractivity contribution is -0.175. The van der Waals surface area contributed by atoms with E-state index in [-0.39, 0.29) is 5.69 Å². The number of thiazole rings is 1. The van der Waals surface area contributed by atoms with Gasteiger partial charge in [0.25, 0.3) is 5.41 Å². The molecule has 2 aromatic rings. The van der Waals surface area contributed by atoms with Gasteiger partial charge in [-0.3, -0.25) is 14.4 Å². The van der Waals surface area contributed by atoms with Gasteiger partial charge in [-0.25, -0.2) is 4.98 Å². The second kappa shape index (κ2) is 5.94. The normalized spacial score (nSPS) is 11.1. The summed E-state index contributed by atoms with van der Waals surface area (Å²) in [4.78, 5) is 37.7. The third-order valence-electron chi connectivity index (χ3n) is 3.11. The highest BCUT2D eigenvalue weighted by atomic mass is 32.1. The minimum Gasteiger partial charge on any atom is -0.480 e. The van der Waals surface area contributed by atoms with Gasteiger partial charge in [-0.2, -0.15) is 0 Å². The molecule has 0 aliphatic rings. The average molecular weight is 321 g/mol. The van der Waals surface area contributed by atoms with E-state index in [9.17, 15) is 14.4 Å². The molecule has 0 aliphatic heterocycles. The Balaban J connectivity index is 2.37. The second-order valence-electron chi connectivity index (χ2n) is 4.51. The van der Waals surface area contributed by atoms with Gasteiger partial charge in [0.05, 0.1) is 5.69 Å². The average Bonchev–Trinajstić information content (AvgIpc) is 2.93. The first-order valence-corrected chi connectivity index (χ1v) is 6.96. The predicted octanol–water partition coefficient (Wildman–Crippen LogP) is 1.59. The Morgan fingerprint density at radius 3 is 2.05 bits per heavy atom. The third-order valence-corrected chi connectivity index (χ3v) is 4.05. The summed E-state index contributed by atoms with van der Waals surface area (Å²) in [5.74, 6) is -5.79. The fourth-order valence-electron chi connectivity index (χ4n) is 1.87. The summed E-state index contributed by atoms with van der Waals surface area (Å²) in [7, 11) is 0. The minimum atomic E-state index is -2.94. The van der Waals surface area contributed by atoms with Crippen LogP contribution in [0.5, 0.6) is 0 Å². The number of carboxylic acid groups (broad SMARTS) is 3. The van der Waals surface area contributed by atoms with E-state index < -0.39 is 29.7 Å². The van der Waals surface area contributed by atoms with E-state index >= 15 is 0 Å². The lowest BCUT2D eigenvalue weighted by Crippen LogP contribution is -2.48. The lowest BCUT2D eigenvalue weighted by Gasteiger charge is -2.18. The number of aromatic nitrogens is 1. The number of benzene rings is 1. The van der Waals surface area contributed by atoms with Crippen LogP contribution in [0.4, 0.5) is 0 Å². The lowest BCUT2D eigenvalue weighted by atomic mass is 9.83. The molecule has 0 radical (unpaired) electrons. The van der Waals surface area contributed by atoms with Gasteiger partial charge >= 0.3 is 17.9 Å². The minimum absolute atomic E-state index is 0.107. The Hall–Kier alpha value is -2.74. The summed E-state index contributed by atoms with van der Waals surface area (Å²) in [6.45, 7) is 0. The number of rotatable bonds is 6. The SMILES string of the molecule is O=C(O)C(Cc1csc(-c2ccccc2)n1)(C(=O)O)C(=O)O. The Morgan fingerprint density at radius 1 is 1.00 bits per heavy atom. The van der Waals surface area contributed by atoms with Crippen LogP contribution in [0.3, 0.4) is 0 Å². The molecule has 0 saturated carbocycles. The van der Waals surface area contributed by atoms with Crippen molar-refractivity contribution in [2.45, 2.75) is 6.42 Å². The number of hydrogen-bond acceptors (Lipinski definition) is 5. The molecule has 1 aromatic heterocycles. The molecule has 0 saturated heterocycles. The molecule has 0 amide bonds. The molecule has 8 heteroatoms. The molecule has 1 aromatic carbocycles. The van der Waals surface area contributed by atoms with Crippen LogP contribution in [-0.2, 0) is 20.8 Å². The van der Waals surface area contributed by atoms with Crippen LogP contribution in [0.25, 0.3) is 10.6 Å². The molecule has 7 nitrogen and oxygen atoms in total. The standard InChI is InChI=1S/C14H11NO6S/c16-11(17)14(12(18)19,13(20)21)6-9-7-22-10(15-9)8-4-2-1-3-5-8/h1-5,7H,6H2,(H,16,17)(H,18,19)(H,20,21). The largest absolute Gasteiger partial charge is 0.480 e. The van der Waals surface area contributed by atoms with Crippen LogP contribution in [0.2, 0.25) is 0 Å². The van der Waals surface area contributed by atoms with Gasteiger partial charge in [-0.1, -0.05) is 30.3 Å². The van der Waals surface area contributed by atoms with Gasteiger partial charge in [0, 0.05) is 17.4 Å². The summed E-state index contributed by atoms with van der Waals surface area (Å²) >= 11 is 1.19. The maximum atomic E-state index is 11.2. The monoisotopic (exact) mass is 321 g/mol. The van der Waals surface area contributed by atoms with Gasteiger partial charge in [0.15, 0.2) is 0 Å². The number of carbonyl (C=O) groups is 3. The number of nitrogens with zero attached hydrogens (tertiary/aromatic N) is 1. The third kappa shape index (κ3) is 2.68. The number of hydrogen-bond donors (Lipinski definition) is 3. The van der Waals surface area contributed by atoms with Crippen molar-refractivity contribution in [1.82, 2.24) is 4.98 Å². The van der Waals surface area contributed by atoms with Gasteiger partial charge in [0.2, 0.25) is 0 Å². The van der Waals surface area contributed by atoms with Crippen LogP contribution >= 0.6 is 11.3 Å². The zero-order chi connectivity index (χ0) is 16.3. The van der Waals surface area contributed by atoms with Crippen molar-refractivity contribution < 1.29 is 29.7 Å². The molecule has 0 spiro atoms. The van der Waals surface area contributed by atoms with E-state index in [1.54, 1.807) is 24.3 Å². The molecule has 114 valence electrons. The highest BCUT2D eigenvalue weighted by Crippen LogP contribution is 2.29.